The Labute approximate surface area is 90.8 Å². The highest BCUT2D eigenvalue weighted by Gasteiger charge is 2.40. The molecule has 4 heteroatoms. The molecule has 0 radical (unpaired) electrons. The van der Waals surface area contributed by atoms with E-state index in [0.29, 0.717) is 6.04 Å². The second-order valence-corrected chi connectivity index (χ2v) is 4.67. The first-order chi connectivity index (χ1) is 6.98. The summed E-state index contributed by atoms with van der Waals surface area (Å²) in [4.78, 5) is 22.6. The molecule has 15 heavy (non-hydrogen) atoms. The Morgan fingerprint density at radius 3 is 2.60 bits per heavy atom. The molecule has 86 valence electrons. The summed E-state index contributed by atoms with van der Waals surface area (Å²) in [6.07, 6.45) is 2.77. The lowest BCUT2D eigenvalue weighted by Gasteiger charge is -2.22. The maximum Gasteiger partial charge on any atom is 0.226 e. The zero-order valence-electron chi connectivity index (χ0n) is 9.72. The minimum Gasteiger partial charge on any atom is -0.349 e. The predicted octanol–water partition coefficient (Wildman–Crippen LogP) is 0.470. The molecule has 1 aliphatic carbocycles. The van der Waals surface area contributed by atoms with Crippen LogP contribution in [0.5, 0.6) is 0 Å². The topological polar surface area (TPSA) is 58.2 Å². The van der Waals surface area contributed by atoms with Gasteiger partial charge in [-0.1, -0.05) is 6.92 Å². The number of hydrogen-bond donors (Lipinski definition) is 2. The molecule has 0 bridgehead atoms. The molecule has 2 atom stereocenters. The Bertz CT molecular complexity index is 265. The van der Waals surface area contributed by atoms with Gasteiger partial charge in [0, 0.05) is 11.5 Å². The first kappa shape index (κ1) is 12.2. The van der Waals surface area contributed by atoms with Gasteiger partial charge in [-0.2, -0.15) is 0 Å². The second kappa shape index (κ2) is 4.75. The quantitative estimate of drug-likeness (QED) is 0.712. The number of carbonyl (C=O) groups excluding carboxylic acids is 2. The van der Waals surface area contributed by atoms with Crippen LogP contribution in [-0.4, -0.2) is 31.3 Å². The van der Waals surface area contributed by atoms with Gasteiger partial charge in [-0.05, 0) is 33.2 Å². The van der Waals surface area contributed by atoms with Crippen molar-refractivity contribution in [3.8, 4) is 0 Å². The van der Waals surface area contributed by atoms with Gasteiger partial charge in [-0.15, -0.1) is 0 Å². The average molecular weight is 212 g/mol. The largest absolute Gasteiger partial charge is 0.349 e. The zero-order chi connectivity index (χ0) is 11.5. The number of carbonyl (C=O) groups is 2. The molecule has 2 N–H and O–H groups in total. The van der Waals surface area contributed by atoms with Crippen molar-refractivity contribution in [2.24, 2.45) is 5.41 Å². The van der Waals surface area contributed by atoms with Crippen molar-refractivity contribution in [2.45, 2.75) is 39.2 Å². The third-order valence-electron chi connectivity index (χ3n) is 3.20. The molecule has 1 rings (SSSR count). The molecule has 4 nitrogen and oxygen atoms in total. The van der Waals surface area contributed by atoms with E-state index in [0.717, 1.165) is 19.3 Å². The summed E-state index contributed by atoms with van der Waals surface area (Å²) in [6.45, 7) is 3.60. The maximum atomic E-state index is 11.8. The van der Waals surface area contributed by atoms with Gasteiger partial charge in [0.1, 0.15) is 5.78 Å². The van der Waals surface area contributed by atoms with E-state index >= 15 is 0 Å². The average Bonchev–Trinajstić information content (AvgIpc) is 2.58. The molecule has 1 saturated carbocycles. The molecule has 0 heterocycles. The SMILES string of the molecule is CNC1CCC(C)(C(=O)NCC(C)=O)C1. The van der Waals surface area contributed by atoms with Crippen LogP contribution in [0.15, 0.2) is 0 Å². The van der Waals surface area contributed by atoms with Crippen LogP contribution in [0, 0.1) is 5.41 Å². The van der Waals surface area contributed by atoms with E-state index in [4.69, 9.17) is 0 Å². The molecule has 1 aliphatic rings. The Hall–Kier alpha value is -0.900. The monoisotopic (exact) mass is 212 g/mol. The highest BCUT2D eigenvalue weighted by atomic mass is 16.2. The molecule has 0 aromatic heterocycles. The Morgan fingerprint density at radius 1 is 1.47 bits per heavy atom. The van der Waals surface area contributed by atoms with Crippen molar-refractivity contribution in [3.05, 3.63) is 0 Å². The van der Waals surface area contributed by atoms with Crippen molar-refractivity contribution in [1.82, 2.24) is 10.6 Å². The van der Waals surface area contributed by atoms with Gasteiger partial charge in [-0.25, -0.2) is 0 Å². The van der Waals surface area contributed by atoms with Crippen LogP contribution < -0.4 is 10.6 Å². The van der Waals surface area contributed by atoms with E-state index in [9.17, 15) is 9.59 Å². The molecule has 1 fully saturated rings. The van der Waals surface area contributed by atoms with Gasteiger partial charge < -0.3 is 10.6 Å². The minimum absolute atomic E-state index is 0.00452. The van der Waals surface area contributed by atoms with Crippen LogP contribution in [0.3, 0.4) is 0 Å². The summed E-state index contributed by atoms with van der Waals surface area (Å²) in [5.41, 5.74) is -0.302. The van der Waals surface area contributed by atoms with Crippen LogP contribution in [0.2, 0.25) is 0 Å². The third kappa shape index (κ3) is 3.02. The molecule has 0 aliphatic heterocycles. The van der Waals surface area contributed by atoms with E-state index in [-0.39, 0.29) is 23.7 Å². The van der Waals surface area contributed by atoms with Gasteiger partial charge >= 0.3 is 0 Å². The van der Waals surface area contributed by atoms with Crippen molar-refractivity contribution < 1.29 is 9.59 Å². The lowest BCUT2D eigenvalue weighted by atomic mass is 9.87. The Kier molecular flexibility index (Phi) is 3.85. The number of amides is 1. The molecule has 1 amide bonds. The van der Waals surface area contributed by atoms with E-state index in [1.54, 1.807) is 0 Å². The van der Waals surface area contributed by atoms with Crippen LogP contribution in [-0.2, 0) is 9.59 Å². The van der Waals surface area contributed by atoms with Gasteiger partial charge in [0.25, 0.3) is 0 Å². The molecule has 0 saturated heterocycles. The Morgan fingerprint density at radius 2 is 2.13 bits per heavy atom. The summed E-state index contributed by atoms with van der Waals surface area (Å²) in [5.74, 6) is 0.00515. The standard InChI is InChI=1S/C11H20N2O2/c1-8(14)7-13-10(15)11(2)5-4-9(6-11)12-3/h9,12H,4-7H2,1-3H3,(H,13,15). The minimum atomic E-state index is -0.302. The fourth-order valence-electron chi connectivity index (χ4n) is 2.11. The van der Waals surface area contributed by atoms with E-state index in [1.807, 2.05) is 14.0 Å². The number of nitrogens with one attached hydrogen (secondary N) is 2. The number of Topliss-reactive ketones (excluding diaryl/α,β-unsaturated/α-hetero) is 1. The molecule has 2 unspecified atom stereocenters. The number of rotatable bonds is 4. The molecular formula is C11H20N2O2. The van der Waals surface area contributed by atoms with Gasteiger partial charge in [0.15, 0.2) is 0 Å². The predicted molar refractivity (Wildman–Crippen MR) is 58.5 cm³/mol. The van der Waals surface area contributed by atoms with Crippen LogP contribution >= 0.6 is 0 Å². The summed E-state index contributed by atoms with van der Waals surface area (Å²) in [5, 5.41) is 5.88. The summed E-state index contributed by atoms with van der Waals surface area (Å²) >= 11 is 0. The number of ketones is 1. The molecule has 0 spiro atoms. The highest BCUT2D eigenvalue weighted by Crippen LogP contribution is 2.37. The van der Waals surface area contributed by atoms with Crippen molar-refractivity contribution in [3.63, 3.8) is 0 Å². The van der Waals surface area contributed by atoms with Gasteiger partial charge in [0.05, 0.1) is 6.54 Å². The summed E-state index contributed by atoms with van der Waals surface area (Å²) < 4.78 is 0. The number of hydrogen-bond acceptors (Lipinski definition) is 3. The summed E-state index contributed by atoms with van der Waals surface area (Å²) in [7, 11) is 1.92. The van der Waals surface area contributed by atoms with Crippen LogP contribution in [0.1, 0.15) is 33.1 Å². The first-order valence-electron chi connectivity index (χ1n) is 5.43. The van der Waals surface area contributed by atoms with E-state index in [2.05, 4.69) is 10.6 Å². The van der Waals surface area contributed by atoms with Crippen LogP contribution in [0.25, 0.3) is 0 Å². The summed E-state index contributed by atoms with van der Waals surface area (Å²) in [6, 6.07) is 0.429. The van der Waals surface area contributed by atoms with Crippen molar-refractivity contribution in [2.75, 3.05) is 13.6 Å². The fraction of sp³-hybridized carbons (Fsp3) is 0.818. The molecule has 0 aromatic carbocycles. The van der Waals surface area contributed by atoms with Gasteiger partial charge in [-0.3, -0.25) is 9.59 Å². The third-order valence-corrected chi connectivity index (χ3v) is 3.20. The maximum absolute atomic E-state index is 11.8. The lowest BCUT2D eigenvalue weighted by Crippen LogP contribution is -2.40. The molecule has 0 aromatic rings. The van der Waals surface area contributed by atoms with Crippen molar-refractivity contribution in [1.29, 1.82) is 0 Å². The van der Waals surface area contributed by atoms with Crippen LogP contribution in [0.4, 0.5) is 0 Å². The van der Waals surface area contributed by atoms with E-state index in [1.165, 1.54) is 6.92 Å². The normalized spacial score (nSPS) is 30.2. The lowest BCUT2D eigenvalue weighted by molar-refractivity contribution is -0.131. The van der Waals surface area contributed by atoms with Gasteiger partial charge in [0.2, 0.25) is 5.91 Å². The smallest absolute Gasteiger partial charge is 0.226 e. The van der Waals surface area contributed by atoms with Crippen molar-refractivity contribution >= 4 is 11.7 Å². The van der Waals surface area contributed by atoms with E-state index < -0.39 is 0 Å². The zero-order valence-corrected chi connectivity index (χ0v) is 9.72. The first-order valence-corrected chi connectivity index (χ1v) is 5.43. The fourth-order valence-corrected chi connectivity index (χ4v) is 2.11. The second-order valence-electron chi connectivity index (χ2n) is 4.67. The molecular weight excluding hydrogens is 192 g/mol. The highest BCUT2D eigenvalue weighted by molar-refractivity contribution is 5.87. The Balaban J connectivity index is 2.48.